The van der Waals surface area contributed by atoms with Gasteiger partial charge >= 0.3 is 5.97 Å². The first-order valence-electron chi connectivity index (χ1n) is 5.53. The van der Waals surface area contributed by atoms with Crippen LogP contribution in [-0.2, 0) is 4.79 Å². The molecular formula is C11H16F2O2. The minimum Gasteiger partial charge on any atom is -0.481 e. The van der Waals surface area contributed by atoms with Crippen molar-refractivity contribution in [2.24, 2.45) is 11.3 Å². The molecule has 0 amide bonds. The second-order valence-corrected chi connectivity index (χ2v) is 5.06. The zero-order valence-electron chi connectivity index (χ0n) is 8.64. The normalized spacial score (nSPS) is 28.7. The van der Waals surface area contributed by atoms with Crippen molar-refractivity contribution in [3.63, 3.8) is 0 Å². The van der Waals surface area contributed by atoms with Crippen LogP contribution in [0.4, 0.5) is 8.78 Å². The number of hydrogen-bond donors (Lipinski definition) is 1. The van der Waals surface area contributed by atoms with Crippen molar-refractivity contribution in [3.05, 3.63) is 0 Å². The van der Waals surface area contributed by atoms with Crippen LogP contribution in [0.3, 0.4) is 0 Å². The van der Waals surface area contributed by atoms with Gasteiger partial charge in [-0.3, -0.25) is 4.79 Å². The molecule has 15 heavy (non-hydrogen) atoms. The lowest BCUT2D eigenvalue weighted by Gasteiger charge is -2.39. The minimum absolute atomic E-state index is 0.0771. The summed E-state index contributed by atoms with van der Waals surface area (Å²) < 4.78 is 26.0. The van der Waals surface area contributed by atoms with E-state index in [0.717, 1.165) is 12.8 Å². The van der Waals surface area contributed by atoms with E-state index in [2.05, 4.69) is 0 Å². The molecule has 0 radical (unpaired) electrons. The molecule has 0 heterocycles. The molecule has 1 N–H and O–H groups in total. The van der Waals surface area contributed by atoms with Crippen LogP contribution in [0.5, 0.6) is 0 Å². The molecular weight excluding hydrogens is 202 g/mol. The monoisotopic (exact) mass is 218 g/mol. The lowest BCUT2D eigenvalue weighted by atomic mass is 9.67. The third kappa shape index (κ3) is 2.29. The van der Waals surface area contributed by atoms with Crippen LogP contribution in [0, 0.1) is 11.3 Å². The maximum Gasteiger partial charge on any atom is 0.303 e. The number of carboxylic acid groups (broad SMARTS) is 1. The molecule has 0 spiro atoms. The first-order chi connectivity index (χ1) is 6.94. The molecule has 0 unspecified atom stereocenters. The fourth-order valence-electron chi connectivity index (χ4n) is 2.84. The van der Waals surface area contributed by atoms with Gasteiger partial charge in [-0.2, -0.15) is 0 Å². The predicted molar refractivity (Wildman–Crippen MR) is 50.8 cm³/mol. The largest absolute Gasteiger partial charge is 0.481 e. The fourth-order valence-corrected chi connectivity index (χ4v) is 2.84. The number of hydrogen-bond acceptors (Lipinski definition) is 1. The van der Waals surface area contributed by atoms with E-state index in [0.29, 0.717) is 18.8 Å². The molecule has 4 heteroatoms. The molecule has 0 atom stereocenters. The van der Waals surface area contributed by atoms with E-state index < -0.39 is 11.9 Å². The van der Waals surface area contributed by atoms with Gasteiger partial charge in [-0.25, -0.2) is 8.78 Å². The number of halogens is 2. The second-order valence-electron chi connectivity index (χ2n) is 5.06. The number of rotatable bonds is 3. The molecule has 2 fully saturated rings. The molecule has 0 saturated heterocycles. The van der Waals surface area contributed by atoms with Crippen molar-refractivity contribution in [3.8, 4) is 0 Å². The third-order valence-electron chi connectivity index (χ3n) is 3.92. The van der Waals surface area contributed by atoms with Crippen LogP contribution in [0.1, 0.15) is 44.9 Å². The number of aliphatic carboxylic acids is 1. The molecule has 2 aliphatic carbocycles. The maximum absolute atomic E-state index is 13.0. The number of alkyl halides is 2. The van der Waals surface area contributed by atoms with E-state index in [-0.39, 0.29) is 24.7 Å². The van der Waals surface area contributed by atoms with E-state index in [1.807, 2.05) is 0 Å². The van der Waals surface area contributed by atoms with Crippen molar-refractivity contribution in [2.75, 3.05) is 0 Å². The summed E-state index contributed by atoms with van der Waals surface area (Å²) in [5, 5.41) is 8.85. The van der Waals surface area contributed by atoms with Crippen LogP contribution >= 0.6 is 0 Å². The Hall–Kier alpha value is -0.670. The summed E-state index contributed by atoms with van der Waals surface area (Å²) in [5.41, 5.74) is -0.312. The summed E-state index contributed by atoms with van der Waals surface area (Å²) in [4.78, 5) is 10.8. The quantitative estimate of drug-likeness (QED) is 0.790. The molecule has 0 aromatic carbocycles. The van der Waals surface area contributed by atoms with Crippen LogP contribution < -0.4 is 0 Å². The summed E-state index contributed by atoms with van der Waals surface area (Å²) in [6.07, 6.45) is 2.65. The van der Waals surface area contributed by atoms with Crippen molar-refractivity contribution >= 4 is 5.97 Å². The van der Waals surface area contributed by atoms with Crippen molar-refractivity contribution in [1.82, 2.24) is 0 Å². The molecule has 0 aliphatic heterocycles. The first-order valence-corrected chi connectivity index (χ1v) is 5.53. The van der Waals surface area contributed by atoms with E-state index in [1.165, 1.54) is 0 Å². The van der Waals surface area contributed by atoms with Crippen LogP contribution in [0.15, 0.2) is 0 Å². The summed E-state index contributed by atoms with van der Waals surface area (Å²) >= 11 is 0. The van der Waals surface area contributed by atoms with Gasteiger partial charge in [0.2, 0.25) is 5.92 Å². The maximum atomic E-state index is 13.0. The second kappa shape index (κ2) is 3.42. The molecule has 2 nitrogen and oxygen atoms in total. The summed E-state index contributed by atoms with van der Waals surface area (Å²) in [6.45, 7) is 0. The van der Waals surface area contributed by atoms with E-state index >= 15 is 0 Å². The smallest absolute Gasteiger partial charge is 0.303 e. The lowest BCUT2D eigenvalue weighted by molar-refractivity contribution is -0.143. The summed E-state index contributed by atoms with van der Waals surface area (Å²) in [6, 6.07) is 0. The Bertz CT molecular complexity index is 262. The Morgan fingerprint density at radius 3 is 2.13 bits per heavy atom. The number of carboxylic acids is 1. The van der Waals surface area contributed by atoms with Crippen molar-refractivity contribution in [2.45, 2.75) is 50.9 Å². The molecule has 0 aromatic rings. The molecule has 0 bridgehead atoms. The van der Waals surface area contributed by atoms with E-state index in [4.69, 9.17) is 5.11 Å². The van der Waals surface area contributed by atoms with Gasteiger partial charge in [-0.15, -0.1) is 0 Å². The Balaban J connectivity index is 2.05. The van der Waals surface area contributed by atoms with Crippen molar-refractivity contribution in [1.29, 1.82) is 0 Å². The van der Waals surface area contributed by atoms with Gasteiger partial charge in [-0.05, 0) is 37.0 Å². The Morgan fingerprint density at radius 1 is 1.20 bits per heavy atom. The lowest BCUT2D eigenvalue weighted by Crippen LogP contribution is -2.36. The number of carbonyl (C=O) groups is 1. The average Bonchev–Trinajstić information content (AvgIpc) is 2.91. The summed E-state index contributed by atoms with van der Waals surface area (Å²) in [7, 11) is 0. The third-order valence-corrected chi connectivity index (χ3v) is 3.92. The highest BCUT2D eigenvalue weighted by Gasteiger charge is 2.51. The fraction of sp³-hybridized carbons (Fsp3) is 0.909. The van der Waals surface area contributed by atoms with Crippen LogP contribution in [0.25, 0.3) is 0 Å². The van der Waals surface area contributed by atoms with Crippen LogP contribution in [-0.4, -0.2) is 17.0 Å². The van der Waals surface area contributed by atoms with Gasteiger partial charge in [0.1, 0.15) is 0 Å². The molecule has 2 rings (SSSR count). The highest BCUT2D eigenvalue weighted by molar-refractivity contribution is 5.67. The van der Waals surface area contributed by atoms with Gasteiger partial charge in [0.15, 0.2) is 0 Å². The van der Waals surface area contributed by atoms with Crippen molar-refractivity contribution < 1.29 is 18.7 Å². The van der Waals surface area contributed by atoms with E-state index in [1.54, 1.807) is 0 Å². The Morgan fingerprint density at radius 2 is 1.73 bits per heavy atom. The zero-order valence-corrected chi connectivity index (χ0v) is 8.64. The molecule has 2 saturated carbocycles. The van der Waals surface area contributed by atoms with Gasteiger partial charge in [0.05, 0.1) is 6.42 Å². The van der Waals surface area contributed by atoms with Gasteiger partial charge in [0.25, 0.3) is 0 Å². The van der Waals surface area contributed by atoms with Gasteiger partial charge < -0.3 is 5.11 Å². The summed E-state index contributed by atoms with van der Waals surface area (Å²) in [5.74, 6) is -3.01. The minimum atomic E-state index is -2.56. The standard InChI is InChI=1S/C11H16F2O2/c12-11(13)5-3-10(4-6-11,7-9(14)15)8-1-2-8/h8H,1-7H2,(H,14,15). The molecule has 0 aromatic heterocycles. The SMILES string of the molecule is O=C(O)CC1(C2CC2)CCC(F)(F)CC1. The topological polar surface area (TPSA) is 37.3 Å². The van der Waals surface area contributed by atoms with Gasteiger partial charge in [-0.1, -0.05) is 0 Å². The van der Waals surface area contributed by atoms with Crippen LogP contribution in [0.2, 0.25) is 0 Å². The Kier molecular flexibility index (Phi) is 2.47. The molecule has 86 valence electrons. The Labute approximate surface area is 87.7 Å². The zero-order chi connectivity index (χ0) is 11.1. The highest BCUT2D eigenvalue weighted by atomic mass is 19.3. The molecule has 2 aliphatic rings. The van der Waals surface area contributed by atoms with E-state index in [9.17, 15) is 13.6 Å². The predicted octanol–water partition coefficient (Wildman–Crippen LogP) is 3.07. The highest BCUT2D eigenvalue weighted by Crippen LogP contribution is 2.57. The first kappa shape index (κ1) is 10.8. The average molecular weight is 218 g/mol. The van der Waals surface area contributed by atoms with Gasteiger partial charge in [0, 0.05) is 12.8 Å².